The molecule has 0 saturated heterocycles. The zero-order chi connectivity index (χ0) is 9.12. The first-order chi connectivity index (χ1) is 4.87. The highest BCUT2D eigenvalue weighted by molar-refractivity contribution is 6.71. The Bertz CT molecular complexity index is 169. The molecule has 0 N–H and O–H groups in total. The lowest BCUT2D eigenvalue weighted by atomic mass is 10.1. The Hall–Kier alpha value is 0.940. The van der Waals surface area contributed by atoms with Crippen LogP contribution in [0.25, 0.3) is 0 Å². The van der Waals surface area contributed by atoms with Crippen LogP contribution in [0.5, 0.6) is 0 Å². The summed E-state index contributed by atoms with van der Waals surface area (Å²) in [4.78, 5) is -1.53. The molecular weight excluding hydrogens is 251 g/mol. The molecule has 0 aromatic heterocycles. The number of nitrogens with zero attached hydrogens (tertiary/aromatic N) is 1. The number of nitriles is 1. The molecule has 0 radical (unpaired) electrons. The Morgan fingerprint density at radius 1 is 1.18 bits per heavy atom. The maximum absolute atomic E-state index is 8.56. The molecule has 64 valence electrons. The predicted octanol–water partition coefficient (Wildman–Crippen LogP) is 3.49. The third-order valence-corrected chi connectivity index (χ3v) is 3.07. The van der Waals surface area contributed by atoms with E-state index < -0.39 is 8.67 Å². The van der Waals surface area contributed by atoms with Crippen LogP contribution in [0.3, 0.4) is 0 Å². The van der Waals surface area contributed by atoms with Crippen molar-refractivity contribution in [2.75, 3.05) is 5.88 Å². The number of hydrogen-bond donors (Lipinski definition) is 0. The van der Waals surface area contributed by atoms with E-state index in [1.165, 1.54) is 0 Å². The Morgan fingerprint density at radius 2 is 1.64 bits per heavy atom. The Kier molecular flexibility index (Phi) is 4.62. The molecule has 0 heterocycles. The standard InChI is InChI=1S/C5H4Cl5N/c6-2-1-4(7,3-11)5(8,9)10/h1-2H2. The summed E-state index contributed by atoms with van der Waals surface area (Å²) in [5.41, 5.74) is 0. The van der Waals surface area contributed by atoms with Crippen LogP contribution >= 0.6 is 58.0 Å². The summed E-state index contributed by atoms with van der Waals surface area (Å²) in [6, 6.07) is 1.70. The molecule has 0 aliphatic rings. The van der Waals surface area contributed by atoms with E-state index in [4.69, 9.17) is 63.3 Å². The van der Waals surface area contributed by atoms with Crippen molar-refractivity contribution < 1.29 is 0 Å². The molecule has 0 rings (SSSR count). The van der Waals surface area contributed by atoms with Crippen LogP contribution in [-0.2, 0) is 0 Å². The quantitative estimate of drug-likeness (QED) is 0.693. The third kappa shape index (κ3) is 3.05. The Labute approximate surface area is 90.1 Å². The molecule has 1 nitrogen and oxygen atoms in total. The first kappa shape index (κ1) is 11.9. The number of rotatable bonds is 2. The monoisotopic (exact) mass is 253 g/mol. The van der Waals surface area contributed by atoms with Crippen molar-refractivity contribution in [3.8, 4) is 6.07 Å². The van der Waals surface area contributed by atoms with Gasteiger partial charge in [-0.1, -0.05) is 46.4 Å². The predicted molar refractivity (Wildman–Crippen MR) is 49.8 cm³/mol. The lowest BCUT2D eigenvalue weighted by Gasteiger charge is -2.25. The number of halogens is 5. The topological polar surface area (TPSA) is 23.8 Å². The summed E-state index contributed by atoms with van der Waals surface area (Å²) in [7, 11) is 0. The molecule has 0 aliphatic carbocycles. The molecule has 1 atom stereocenters. The van der Waals surface area contributed by atoms with Crippen LogP contribution < -0.4 is 0 Å². The average molecular weight is 255 g/mol. The van der Waals surface area contributed by atoms with Crippen LogP contribution in [-0.4, -0.2) is 14.5 Å². The molecule has 0 spiro atoms. The fraction of sp³-hybridized carbons (Fsp3) is 0.800. The normalized spacial score (nSPS) is 17.1. The van der Waals surface area contributed by atoms with E-state index in [2.05, 4.69) is 0 Å². The van der Waals surface area contributed by atoms with Gasteiger partial charge in [-0.15, -0.1) is 11.6 Å². The van der Waals surface area contributed by atoms with Crippen LogP contribution in [0, 0.1) is 11.3 Å². The van der Waals surface area contributed by atoms with Gasteiger partial charge in [0.05, 0.1) is 6.07 Å². The van der Waals surface area contributed by atoms with E-state index in [1.807, 2.05) is 0 Å². The first-order valence-electron chi connectivity index (χ1n) is 2.60. The van der Waals surface area contributed by atoms with Crippen LogP contribution in [0.2, 0.25) is 0 Å². The lowest BCUT2D eigenvalue weighted by Crippen LogP contribution is -2.35. The van der Waals surface area contributed by atoms with E-state index in [1.54, 1.807) is 6.07 Å². The molecule has 6 heteroatoms. The molecular formula is C5H4Cl5N. The summed E-state index contributed by atoms with van der Waals surface area (Å²) in [5.74, 6) is 0.172. The lowest BCUT2D eigenvalue weighted by molar-refractivity contribution is 0.704. The zero-order valence-electron chi connectivity index (χ0n) is 5.25. The van der Waals surface area contributed by atoms with Gasteiger partial charge in [0.15, 0.2) is 4.87 Å². The minimum absolute atomic E-state index is 0.128. The van der Waals surface area contributed by atoms with Gasteiger partial charge in [-0.25, -0.2) is 0 Å². The van der Waals surface area contributed by atoms with Crippen LogP contribution in [0.4, 0.5) is 0 Å². The second kappa shape index (κ2) is 4.25. The highest BCUT2D eigenvalue weighted by Crippen LogP contribution is 2.44. The minimum atomic E-state index is -1.81. The molecule has 0 bridgehead atoms. The second-order valence-corrected chi connectivity index (χ2v) is 5.15. The van der Waals surface area contributed by atoms with Crippen molar-refractivity contribution in [2.24, 2.45) is 0 Å². The van der Waals surface area contributed by atoms with Gasteiger partial charge in [0.1, 0.15) is 0 Å². The molecule has 0 amide bonds. The number of hydrogen-bond acceptors (Lipinski definition) is 1. The largest absolute Gasteiger partial charge is 0.222 e. The maximum Gasteiger partial charge on any atom is 0.222 e. The van der Waals surface area contributed by atoms with Crippen molar-refractivity contribution in [1.82, 2.24) is 0 Å². The van der Waals surface area contributed by atoms with Crippen LogP contribution in [0.1, 0.15) is 6.42 Å². The van der Waals surface area contributed by atoms with Crippen molar-refractivity contribution in [3.63, 3.8) is 0 Å². The summed E-state index contributed by atoms with van der Waals surface area (Å²) in [6.07, 6.45) is 0.128. The molecule has 11 heavy (non-hydrogen) atoms. The van der Waals surface area contributed by atoms with Gasteiger partial charge in [-0.3, -0.25) is 0 Å². The van der Waals surface area contributed by atoms with Gasteiger partial charge in [0.2, 0.25) is 3.79 Å². The number of alkyl halides is 5. The van der Waals surface area contributed by atoms with Gasteiger partial charge in [-0.05, 0) is 6.42 Å². The van der Waals surface area contributed by atoms with Crippen LogP contribution in [0.15, 0.2) is 0 Å². The van der Waals surface area contributed by atoms with Crippen molar-refractivity contribution in [1.29, 1.82) is 5.26 Å². The SMILES string of the molecule is N#CC(Cl)(CCCl)C(Cl)(Cl)Cl. The van der Waals surface area contributed by atoms with Crippen molar-refractivity contribution in [2.45, 2.75) is 15.1 Å². The highest BCUT2D eigenvalue weighted by atomic mass is 35.6. The van der Waals surface area contributed by atoms with Gasteiger partial charge in [0, 0.05) is 5.88 Å². The summed E-state index contributed by atoms with van der Waals surface area (Å²) in [5, 5.41) is 8.56. The van der Waals surface area contributed by atoms with Gasteiger partial charge >= 0.3 is 0 Å². The third-order valence-electron chi connectivity index (χ3n) is 1.07. The molecule has 0 aromatic carbocycles. The smallest absolute Gasteiger partial charge is 0.196 e. The fourth-order valence-corrected chi connectivity index (χ4v) is 1.28. The zero-order valence-corrected chi connectivity index (χ0v) is 9.03. The summed E-state index contributed by atoms with van der Waals surface area (Å²) in [6.45, 7) is 0. The second-order valence-electron chi connectivity index (χ2n) is 1.85. The average Bonchev–Trinajstić information content (AvgIpc) is 1.86. The van der Waals surface area contributed by atoms with E-state index in [9.17, 15) is 0 Å². The Balaban J connectivity index is 4.50. The fourth-order valence-electron chi connectivity index (χ4n) is 0.391. The highest BCUT2D eigenvalue weighted by Gasteiger charge is 2.47. The molecule has 0 fully saturated rings. The molecule has 0 aromatic rings. The Morgan fingerprint density at radius 3 is 1.73 bits per heavy atom. The van der Waals surface area contributed by atoms with Crippen molar-refractivity contribution >= 4 is 58.0 Å². The van der Waals surface area contributed by atoms with E-state index in [0.29, 0.717) is 0 Å². The van der Waals surface area contributed by atoms with Gasteiger partial charge in [0.25, 0.3) is 0 Å². The van der Waals surface area contributed by atoms with E-state index >= 15 is 0 Å². The van der Waals surface area contributed by atoms with Gasteiger partial charge in [-0.2, -0.15) is 5.26 Å². The summed E-state index contributed by atoms with van der Waals surface area (Å²) < 4.78 is -1.81. The van der Waals surface area contributed by atoms with E-state index in [0.717, 1.165) is 0 Å². The summed E-state index contributed by atoms with van der Waals surface area (Å²) >= 11 is 27.3. The maximum atomic E-state index is 8.56. The van der Waals surface area contributed by atoms with Crippen molar-refractivity contribution in [3.05, 3.63) is 0 Å². The molecule has 0 aliphatic heterocycles. The first-order valence-corrected chi connectivity index (χ1v) is 4.65. The minimum Gasteiger partial charge on any atom is -0.196 e. The molecule has 0 saturated carbocycles. The van der Waals surface area contributed by atoms with E-state index in [-0.39, 0.29) is 12.3 Å². The van der Waals surface area contributed by atoms with Gasteiger partial charge < -0.3 is 0 Å². The molecule has 1 unspecified atom stereocenters.